The Hall–Kier alpha value is -3.01. The average Bonchev–Trinajstić information content (AvgIpc) is 2.86. The molecule has 4 rings (SSSR count). The molecule has 0 unspecified atom stereocenters. The number of halogens is 2. The van der Waals surface area contributed by atoms with Crippen LogP contribution in [0.15, 0.2) is 36.4 Å². The molecular weight excluding hydrogens is 509 g/mol. The quantitative estimate of drug-likeness (QED) is 0.416. The molecule has 2 heterocycles. The van der Waals surface area contributed by atoms with E-state index in [4.69, 9.17) is 47.7 Å². The Morgan fingerprint density at radius 2 is 1.69 bits per heavy atom. The summed E-state index contributed by atoms with van der Waals surface area (Å²) in [7, 11) is 0. The number of hydrogen-bond donors (Lipinski definition) is 1. The minimum atomic E-state index is -2.19. The van der Waals surface area contributed by atoms with Crippen molar-refractivity contribution in [3.8, 4) is 5.75 Å². The Kier molecular flexibility index (Phi) is 10.2. The van der Waals surface area contributed by atoms with Crippen LogP contribution in [0.25, 0.3) is 0 Å². The van der Waals surface area contributed by atoms with Crippen molar-refractivity contribution in [2.75, 3.05) is 49.5 Å². The minimum absolute atomic E-state index is 0.0809. The van der Waals surface area contributed by atoms with Gasteiger partial charge < -0.3 is 34.8 Å². The highest BCUT2D eigenvalue weighted by molar-refractivity contribution is 6.43. The number of amides is 1. The van der Waals surface area contributed by atoms with Gasteiger partial charge in [-0.1, -0.05) is 35.3 Å². The van der Waals surface area contributed by atoms with Crippen LogP contribution < -0.4 is 25.2 Å². The van der Waals surface area contributed by atoms with Gasteiger partial charge in [0.2, 0.25) is 5.91 Å². The first kappa shape index (κ1) is 27.6. The van der Waals surface area contributed by atoms with Crippen LogP contribution in [-0.4, -0.2) is 62.1 Å². The van der Waals surface area contributed by atoms with Crippen LogP contribution in [0, 0.1) is 0 Å². The zero-order valence-corrected chi connectivity index (χ0v) is 21.1. The van der Waals surface area contributed by atoms with E-state index in [9.17, 15) is 4.79 Å². The monoisotopic (exact) mass is 535 g/mol. The zero-order chi connectivity index (χ0) is 26.1. The molecule has 2 aliphatic heterocycles. The number of fused-ring (bicyclic) bond motifs is 1. The third kappa shape index (κ3) is 8.01. The summed E-state index contributed by atoms with van der Waals surface area (Å²) >= 11 is 12.5. The molecule has 11 heteroatoms. The van der Waals surface area contributed by atoms with Crippen LogP contribution in [0.5, 0.6) is 5.75 Å². The Labute approximate surface area is 219 Å². The van der Waals surface area contributed by atoms with Gasteiger partial charge >= 0.3 is 0 Å². The van der Waals surface area contributed by atoms with Crippen LogP contribution in [0.2, 0.25) is 10.0 Å². The van der Waals surface area contributed by atoms with Crippen LogP contribution in [-0.2, 0) is 20.8 Å². The molecule has 2 aromatic rings. The van der Waals surface area contributed by atoms with Crippen LogP contribution in [0.3, 0.4) is 0 Å². The number of ether oxygens (including phenoxy) is 1. The molecule has 9 nitrogen and oxygen atoms in total. The molecule has 0 saturated carbocycles. The van der Waals surface area contributed by atoms with E-state index in [2.05, 4.69) is 21.2 Å². The number of carboxylic acids is 2. The third-order valence-electron chi connectivity index (χ3n) is 5.93. The fourth-order valence-corrected chi connectivity index (χ4v) is 4.43. The predicted octanol–water partition coefficient (Wildman–Crippen LogP) is 1.35. The van der Waals surface area contributed by atoms with Crippen molar-refractivity contribution in [2.24, 2.45) is 0 Å². The van der Waals surface area contributed by atoms with Gasteiger partial charge in [0.05, 0.1) is 34.3 Å². The molecular formula is C25H27Cl2N3O6-2. The van der Waals surface area contributed by atoms with Crippen molar-refractivity contribution < 1.29 is 29.3 Å². The lowest BCUT2D eigenvalue weighted by Gasteiger charge is -2.36. The van der Waals surface area contributed by atoms with Crippen LogP contribution in [0.4, 0.5) is 11.4 Å². The molecule has 0 aliphatic carbocycles. The van der Waals surface area contributed by atoms with E-state index in [1.54, 1.807) is 0 Å². The van der Waals surface area contributed by atoms with Crippen molar-refractivity contribution in [1.82, 2.24) is 4.90 Å². The number of unbranched alkanes of at least 4 members (excludes halogenated alkanes) is 1. The molecule has 2 aromatic carbocycles. The third-order valence-corrected chi connectivity index (χ3v) is 6.73. The molecule has 1 amide bonds. The molecule has 36 heavy (non-hydrogen) atoms. The van der Waals surface area contributed by atoms with E-state index in [1.165, 1.54) is 5.56 Å². The van der Waals surface area contributed by atoms with Crippen LogP contribution in [0.1, 0.15) is 24.8 Å². The molecule has 1 N–H and O–H groups in total. The number of carbonyl (C=O) groups is 3. The van der Waals surface area contributed by atoms with Crippen molar-refractivity contribution in [2.45, 2.75) is 25.7 Å². The highest BCUT2D eigenvalue weighted by Gasteiger charge is 2.19. The summed E-state index contributed by atoms with van der Waals surface area (Å²) < 4.78 is 5.89. The second-order valence-corrected chi connectivity index (χ2v) is 9.18. The maximum Gasteiger partial charge on any atom is 0.224 e. The Morgan fingerprint density at radius 1 is 0.972 bits per heavy atom. The topological polar surface area (TPSA) is 125 Å². The lowest BCUT2D eigenvalue weighted by molar-refractivity contribution is -0.345. The largest absolute Gasteiger partial charge is 0.543 e. The predicted molar refractivity (Wildman–Crippen MR) is 133 cm³/mol. The number of rotatable bonds is 7. The maximum atomic E-state index is 11.5. The molecule has 194 valence electrons. The molecule has 1 fully saturated rings. The number of aryl methyl sites for hydroxylation is 1. The van der Waals surface area contributed by atoms with Crippen molar-refractivity contribution in [3.05, 3.63) is 52.0 Å². The zero-order valence-electron chi connectivity index (χ0n) is 19.6. The Balaban J connectivity index is 0.000000538. The van der Waals surface area contributed by atoms with Gasteiger partial charge in [0, 0.05) is 44.4 Å². The minimum Gasteiger partial charge on any atom is -0.543 e. The summed E-state index contributed by atoms with van der Waals surface area (Å²) in [5.41, 5.74) is 3.10. The van der Waals surface area contributed by atoms with Gasteiger partial charge in [-0.25, -0.2) is 0 Å². The van der Waals surface area contributed by atoms with Gasteiger partial charge in [-0.3, -0.25) is 9.69 Å². The Bertz CT molecular complexity index is 1080. The van der Waals surface area contributed by atoms with E-state index in [-0.39, 0.29) is 5.91 Å². The van der Waals surface area contributed by atoms with E-state index < -0.39 is 11.9 Å². The number of aliphatic carboxylic acids is 2. The van der Waals surface area contributed by atoms with Gasteiger partial charge in [0.15, 0.2) is 0 Å². The van der Waals surface area contributed by atoms with Gasteiger partial charge in [0.25, 0.3) is 0 Å². The molecule has 0 aromatic heterocycles. The smallest absolute Gasteiger partial charge is 0.224 e. The number of benzene rings is 2. The molecule has 0 bridgehead atoms. The second kappa shape index (κ2) is 13.3. The fourth-order valence-electron chi connectivity index (χ4n) is 4.02. The highest BCUT2D eigenvalue weighted by atomic mass is 35.5. The van der Waals surface area contributed by atoms with Crippen molar-refractivity contribution >= 4 is 52.4 Å². The summed E-state index contributed by atoms with van der Waals surface area (Å²) in [5.74, 6) is -3.47. The second-order valence-electron chi connectivity index (χ2n) is 8.40. The van der Waals surface area contributed by atoms with Gasteiger partial charge in [-0.2, -0.15) is 0 Å². The lowest BCUT2D eigenvalue weighted by atomic mass is 10.0. The average molecular weight is 536 g/mol. The summed E-state index contributed by atoms with van der Waals surface area (Å²) in [6.07, 6.45) is 3.47. The SMILES string of the molecule is O=C([O-])C(=O)[O-].O=C1CCc2ccc(OCCCCN3CCN(c4cccc(Cl)c4Cl)CC3)cc2N1. The standard InChI is InChI=1S/C23H27Cl2N3O2.C2H2O4/c24-19-4-3-5-21(23(19)25)28-13-11-27(12-14-28)10-1-2-15-30-18-8-6-17-7-9-22(29)26-20(17)16-18;3-1(4)2(5)6/h3-6,8,16H,1-2,7,9-15H2,(H,26,29);(H,3,4)(H,5,6)/p-2. The van der Waals surface area contributed by atoms with Crippen LogP contribution >= 0.6 is 23.2 Å². The fraction of sp³-hybridized carbons (Fsp3) is 0.400. The first-order valence-corrected chi connectivity index (χ1v) is 12.4. The van der Waals surface area contributed by atoms with E-state index in [0.717, 1.165) is 69.1 Å². The molecule has 1 saturated heterocycles. The number of hydrogen-bond acceptors (Lipinski definition) is 8. The van der Waals surface area contributed by atoms with Crippen molar-refractivity contribution in [3.63, 3.8) is 0 Å². The van der Waals surface area contributed by atoms with Gasteiger partial charge in [0.1, 0.15) is 5.75 Å². The number of anilines is 2. The van der Waals surface area contributed by atoms with E-state index in [1.807, 2.05) is 30.3 Å². The number of carboxylic acid groups (broad SMARTS) is 2. The lowest BCUT2D eigenvalue weighted by Crippen LogP contribution is -2.46. The Morgan fingerprint density at radius 3 is 2.39 bits per heavy atom. The first-order chi connectivity index (χ1) is 17.2. The normalized spacial score (nSPS) is 15.3. The number of piperazine rings is 1. The molecule has 0 radical (unpaired) electrons. The molecule has 0 atom stereocenters. The summed E-state index contributed by atoms with van der Waals surface area (Å²) in [6, 6.07) is 11.8. The number of carbonyl (C=O) groups excluding carboxylic acids is 3. The van der Waals surface area contributed by atoms with Gasteiger partial charge in [-0.15, -0.1) is 0 Å². The van der Waals surface area contributed by atoms with E-state index in [0.29, 0.717) is 23.1 Å². The number of nitrogens with one attached hydrogen (secondary N) is 1. The first-order valence-electron chi connectivity index (χ1n) is 11.6. The summed E-state index contributed by atoms with van der Waals surface area (Å²) in [4.78, 5) is 34.2. The molecule has 0 spiro atoms. The van der Waals surface area contributed by atoms with Crippen molar-refractivity contribution in [1.29, 1.82) is 0 Å². The number of nitrogens with zero attached hydrogens (tertiary/aromatic N) is 2. The van der Waals surface area contributed by atoms with Gasteiger partial charge in [-0.05, 0) is 49.6 Å². The summed E-state index contributed by atoms with van der Waals surface area (Å²) in [5, 5.41) is 22.0. The highest BCUT2D eigenvalue weighted by Crippen LogP contribution is 2.33. The van der Waals surface area contributed by atoms with E-state index >= 15 is 0 Å². The molecule has 2 aliphatic rings. The maximum absolute atomic E-state index is 11.5. The summed E-state index contributed by atoms with van der Waals surface area (Å²) in [6.45, 7) is 5.71.